The number of nitrogens with two attached hydrogens (primary N) is 1. The molecular formula is C19H18Cl2N6. The summed E-state index contributed by atoms with van der Waals surface area (Å²) in [5.41, 5.74) is 7.89. The van der Waals surface area contributed by atoms with Crippen LogP contribution in [0.15, 0.2) is 65.7 Å². The number of allylic oxidation sites excluding steroid dienone is 2. The number of fused-ring (bicyclic) bond motifs is 1. The Balaban J connectivity index is 2.09. The molecule has 0 unspecified atom stereocenters. The molecule has 0 aliphatic carbocycles. The summed E-state index contributed by atoms with van der Waals surface area (Å²) in [7, 11) is 0. The van der Waals surface area contributed by atoms with Crippen LogP contribution in [0.25, 0.3) is 16.6 Å². The second-order valence-corrected chi connectivity index (χ2v) is 6.80. The third-order valence-corrected chi connectivity index (χ3v) is 4.14. The first kappa shape index (κ1) is 18.9. The predicted molar refractivity (Wildman–Crippen MR) is 113 cm³/mol. The third-order valence-electron chi connectivity index (χ3n) is 3.53. The first-order chi connectivity index (χ1) is 12.8. The molecule has 6 nitrogen and oxygen atoms in total. The van der Waals surface area contributed by atoms with Gasteiger partial charge in [-0.15, -0.1) is 0 Å². The van der Waals surface area contributed by atoms with Crippen molar-refractivity contribution in [3.8, 4) is 5.69 Å². The molecule has 0 saturated carbocycles. The molecule has 1 aromatic carbocycles. The topological polar surface area (TPSA) is 81.1 Å². The monoisotopic (exact) mass is 400 g/mol. The average Bonchev–Trinajstić information content (AvgIpc) is 2.98. The van der Waals surface area contributed by atoms with Gasteiger partial charge in [-0.3, -0.25) is 0 Å². The molecular weight excluding hydrogens is 383 g/mol. The number of benzene rings is 1. The van der Waals surface area contributed by atoms with Crippen molar-refractivity contribution >= 4 is 45.8 Å². The van der Waals surface area contributed by atoms with Crippen molar-refractivity contribution in [2.75, 3.05) is 5.32 Å². The van der Waals surface area contributed by atoms with Crippen molar-refractivity contribution in [3.63, 3.8) is 0 Å². The number of rotatable bonds is 5. The van der Waals surface area contributed by atoms with E-state index >= 15 is 0 Å². The van der Waals surface area contributed by atoms with Crippen molar-refractivity contribution in [3.05, 3.63) is 70.8 Å². The molecule has 138 valence electrons. The number of halogens is 2. The van der Waals surface area contributed by atoms with Crippen LogP contribution in [0.5, 0.6) is 0 Å². The summed E-state index contributed by atoms with van der Waals surface area (Å²) >= 11 is 12.6. The summed E-state index contributed by atoms with van der Waals surface area (Å²) in [6, 6.07) is 7.12. The largest absolute Gasteiger partial charge is 0.387 e. The number of pyridine rings is 1. The lowest BCUT2D eigenvalue weighted by Gasteiger charge is -2.07. The van der Waals surface area contributed by atoms with Gasteiger partial charge in [0, 0.05) is 12.4 Å². The SMILES string of the molecule is C=C(C)/C=C(\N=C(C)N)Nc1nccc2nn(-c3c(Cl)cccc3Cl)cc12. The van der Waals surface area contributed by atoms with E-state index < -0.39 is 0 Å². The summed E-state index contributed by atoms with van der Waals surface area (Å²) in [5, 5.41) is 9.54. The molecule has 8 heteroatoms. The Hall–Kier alpha value is -2.83. The van der Waals surface area contributed by atoms with Crippen LogP contribution in [-0.2, 0) is 0 Å². The van der Waals surface area contributed by atoms with Gasteiger partial charge in [0.05, 0.1) is 26.8 Å². The first-order valence-corrected chi connectivity index (χ1v) is 8.84. The minimum absolute atomic E-state index is 0.417. The lowest BCUT2D eigenvalue weighted by molar-refractivity contribution is 0.897. The van der Waals surface area contributed by atoms with Crippen molar-refractivity contribution in [1.29, 1.82) is 0 Å². The summed E-state index contributed by atoms with van der Waals surface area (Å²) in [6.45, 7) is 7.45. The minimum Gasteiger partial charge on any atom is -0.387 e. The Labute approximate surface area is 167 Å². The van der Waals surface area contributed by atoms with Gasteiger partial charge in [-0.2, -0.15) is 5.10 Å². The number of hydrogen-bond acceptors (Lipinski definition) is 4. The van der Waals surface area contributed by atoms with Gasteiger partial charge in [0.1, 0.15) is 17.3 Å². The molecule has 0 aliphatic rings. The Morgan fingerprint density at radius 2 is 1.96 bits per heavy atom. The summed E-state index contributed by atoms with van der Waals surface area (Å²) in [6.07, 6.45) is 5.26. The number of amidine groups is 1. The molecule has 2 aromatic heterocycles. The Bertz CT molecular complexity index is 1060. The standard InChI is InChI=1S/C19H18Cl2N6/c1-11(2)9-17(24-12(3)22)25-19-13-10-27(26-16(13)7-8-23-19)18-14(20)5-4-6-15(18)21/h4-10H,1H2,2-3H3,(H2,22,24)(H,23,25)/b17-9+. The average molecular weight is 401 g/mol. The molecule has 0 spiro atoms. The Kier molecular flexibility index (Phi) is 5.48. The second kappa shape index (κ2) is 7.82. The van der Waals surface area contributed by atoms with Gasteiger partial charge in [-0.1, -0.05) is 41.4 Å². The van der Waals surface area contributed by atoms with Crippen LogP contribution in [0, 0.1) is 0 Å². The quantitative estimate of drug-likeness (QED) is 0.361. The Morgan fingerprint density at radius 3 is 2.59 bits per heavy atom. The highest BCUT2D eigenvalue weighted by atomic mass is 35.5. The maximum atomic E-state index is 6.30. The maximum absolute atomic E-state index is 6.30. The van der Waals surface area contributed by atoms with E-state index in [4.69, 9.17) is 28.9 Å². The van der Waals surface area contributed by atoms with E-state index in [1.807, 2.05) is 13.1 Å². The highest BCUT2D eigenvalue weighted by Crippen LogP contribution is 2.30. The highest BCUT2D eigenvalue weighted by molar-refractivity contribution is 6.37. The van der Waals surface area contributed by atoms with Crippen molar-refractivity contribution < 1.29 is 0 Å². The van der Waals surface area contributed by atoms with Gasteiger partial charge in [0.25, 0.3) is 0 Å². The van der Waals surface area contributed by atoms with Crippen LogP contribution in [0.1, 0.15) is 13.8 Å². The summed E-state index contributed by atoms with van der Waals surface area (Å²) < 4.78 is 1.64. The number of aromatic nitrogens is 3. The highest BCUT2D eigenvalue weighted by Gasteiger charge is 2.13. The minimum atomic E-state index is 0.417. The Morgan fingerprint density at radius 1 is 1.26 bits per heavy atom. The summed E-state index contributed by atoms with van der Waals surface area (Å²) in [5.74, 6) is 1.53. The number of nitrogens with one attached hydrogen (secondary N) is 1. The van der Waals surface area contributed by atoms with Crippen LogP contribution >= 0.6 is 23.2 Å². The molecule has 0 saturated heterocycles. The van der Waals surface area contributed by atoms with E-state index in [0.717, 1.165) is 16.5 Å². The predicted octanol–water partition coefficient (Wildman–Crippen LogP) is 4.93. The molecule has 0 aliphatic heterocycles. The second-order valence-electron chi connectivity index (χ2n) is 5.99. The summed E-state index contributed by atoms with van der Waals surface area (Å²) in [4.78, 5) is 8.69. The van der Waals surface area contributed by atoms with Gasteiger partial charge in [-0.05, 0) is 38.1 Å². The molecule has 3 rings (SSSR count). The molecule has 0 amide bonds. The van der Waals surface area contributed by atoms with Crippen LogP contribution in [0.2, 0.25) is 10.0 Å². The number of hydrogen-bond donors (Lipinski definition) is 2. The fourth-order valence-electron chi connectivity index (χ4n) is 2.51. The van der Waals surface area contributed by atoms with Crippen LogP contribution in [-0.4, -0.2) is 20.6 Å². The van der Waals surface area contributed by atoms with Gasteiger partial charge in [-0.25, -0.2) is 14.7 Å². The van der Waals surface area contributed by atoms with Gasteiger partial charge < -0.3 is 11.1 Å². The molecule has 0 radical (unpaired) electrons. The van der Waals surface area contributed by atoms with Gasteiger partial charge >= 0.3 is 0 Å². The number of aliphatic imine (C=N–C) groups is 1. The molecule has 2 heterocycles. The normalized spacial score (nSPS) is 12.4. The molecule has 27 heavy (non-hydrogen) atoms. The van der Waals surface area contributed by atoms with E-state index in [9.17, 15) is 0 Å². The van der Waals surface area contributed by atoms with E-state index in [2.05, 4.69) is 27.0 Å². The molecule has 3 N–H and O–H groups in total. The number of nitrogens with zero attached hydrogens (tertiary/aromatic N) is 4. The first-order valence-electron chi connectivity index (χ1n) is 8.09. The fourth-order valence-corrected chi connectivity index (χ4v) is 3.08. The van der Waals surface area contributed by atoms with Crippen LogP contribution in [0.4, 0.5) is 5.82 Å². The van der Waals surface area contributed by atoms with Gasteiger partial charge in [0.15, 0.2) is 0 Å². The number of anilines is 1. The lowest BCUT2D eigenvalue weighted by Crippen LogP contribution is -2.09. The van der Waals surface area contributed by atoms with E-state index in [1.165, 1.54) is 0 Å². The fraction of sp³-hybridized carbons (Fsp3) is 0.105. The number of para-hydroxylation sites is 1. The smallest absolute Gasteiger partial charge is 0.142 e. The van der Waals surface area contributed by atoms with Gasteiger partial charge in [0.2, 0.25) is 0 Å². The van der Waals surface area contributed by atoms with Crippen molar-refractivity contribution in [1.82, 2.24) is 14.8 Å². The van der Waals surface area contributed by atoms with Crippen molar-refractivity contribution in [2.45, 2.75) is 13.8 Å². The van der Waals surface area contributed by atoms with E-state index in [0.29, 0.717) is 33.2 Å². The van der Waals surface area contributed by atoms with E-state index in [-0.39, 0.29) is 0 Å². The molecule has 3 aromatic rings. The zero-order valence-corrected chi connectivity index (χ0v) is 16.4. The van der Waals surface area contributed by atoms with Crippen LogP contribution < -0.4 is 11.1 Å². The molecule has 0 bridgehead atoms. The molecule has 0 atom stereocenters. The van der Waals surface area contributed by atoms with Crippen LogP contribution in [0.3, 0.4) is 0 Å². The molecule has 0 fully saturated rings. The zero-order valence-electron chi connectivity index (χ0n) is 14.9. The maximum Gasteiger partial charge on any atom is 0.142 e. The van der Waals surface area contributed by atoms with Crippen molar-refractivity contribution in [2.24, 2.45) is 10.7 Å². The zero-order chi connectivity index (χ0) is 19.6. The van der Waals surface area contributed by atoms with E-state index in [1.54, 1.807) is 48.1 Å². The lowest BCUT2D eigenvalue weighted by atomic mass is 10.3. The third kappa shape index (κ3) is 4.30.